The van der Waals surface area contributed by atoms with Gasteiger partial charge < -0.3 is 5.32 Å². The monoisotopic (exact) mass is 275 g/mol. The molecule has 0 bridgehead atoms. The molecular formula is C14H11ClFN3. The predicted octanol–water partition coefficient (Wildman–Crippen LogP) is 4.11. The van der Waals surface area contributed by atoms with Gasteiger partial charge in [0.1, 0.15) is 11.9 Å². The van der Waals surface area contributed by atoms with Crippen molar-refractivity contribution in [2.45, 2.75) is 13.8 Å². The second-order valence-electron chi connectivity index (χ2n) is 4.14. The molecule has 0 saturated carbocycles. The van der Waals surface area contributed by atoms with E-state index >= 15 is 0 Å². The Morgan fingerprint density at radius 3 is 2.68 bits per heavy atom. The lowest BCUT2D eigenvalue weighted by Crippen LogP contribution is -2.00. The van der Waals surface area contributed by atoms with Crippen LogP contribution in [0.1, 0.15) is 17.0 Å². The predicted molar refractivity (Wildman–Crippen MR) is 73.1 cm³/mol. The first-order chi connectivity index (χ1) is 9.01. The van der Waals surface area contributed by atoms with Gasteiger partial charge in [0.2, 0.25) is 0 Å². The topological polar surface area (TPSA) is 48.7 Å². The largest absolute Gasteiger partial charge is 0.354 e. The van der Waals surface area contributed by atoms with Crippen molar-refractivity contribution in [3.05, 3.63) is 52.1 Å². The van der Waals surface area contributed by atoms with E-state index in [0.717, 1.165) is 5.69 Å². The molecule has 1 heterocycles. The normalized spacial score (nSPS) is 10.1. The number of rotatable bonds is 2. The van der Waals surface area contributed by atoms with Gasteiger partial charge in [0.05, 0.1) is 22.0 Å². The molecule has 1 aromatic heterocycles. The molecule has 2 rings (SSSR count). The Bertz CT molecular complexity index is 677. The van der Waals surface area contributed by atoms with Crippen LogP contribution in [-0.4, -0.2) is 4.98 Å². The fourth-order valence-electron chi connectivity index (χ4n) is 1.80. The number of benzene rings is 1. The molecule has 0 atom stereocenters. The Morgan fingerprint density at radius 2 is 2.05 bits per heavy atom. The summed E-state index contributed by atoms with van der Waals surface area (Å²) >= 11 is 5.63. The van der Waals surface area contributed by atoms with Crippen LogP contribution in [0, 0.1) is 31.0 Å². The van der Waals surface area contributed by atoms with Crippen molar-refractivity contribution in [2.24, 2.45) is 0 Å². The van der Waals surface area contributed by atoms with E-state index in [1.54, 1.807) is 19.1 Å². The molecule has 0 amide bonds. The van der Waals surface area contributed by atoms with Gasteiger partial charge in [-0.2, -0.15) is 5.26 Å². The third-order valence-electron chi connectivity index (χ3n) is 2.64. The maximum Gasteiger partial charge on any atom is 0.143 e. The van der Waals surface area contributed by atoms with E-state index in [-0.39, 0.29) is 5.02 Å². The number of nitrogens with zero attached hydrogens (tertiary/aromatic N) is 2. The van der Waals surface area contributed by atoms with Gasteiger partial charge in [-0.3, -0.25) is 4.98 Å². The highest BCUT2D eigenvalue weighted by molar-refractivity contribution is 6.30. The van der Waals surface area contributed by atoms with Crippen LogP contribution in [0.5, 0.6) is 0 Å². The Balaban J connectivity index is 2.43. The first-order valence-corrected chi connectivity index (χ1v) is 5.99. The van der Waals surface area contributed by atoms with E-state index in [1.165, 1.54) is 12.1 Å². The lowest BCUT2D eigenvalue weighted by molar-refractivity contribution is 0.629. The molecule has 1 N–H and O–H groups in total. The van der Waals surface area contributed by atoms with Gasteiger partial charge in [-0.15, -0.1) is 0 Å². The molecule has 96 valence electrons. The molecule has 0 fully saturated rings. The van der Waals surface area contributed by atoms with Crippen LogP contribution in [-0.2, 0) is 0 Å². The van der Waals surface area contributed by atoms with Crippen molar-refractivity contribution >= 4 is 23.0 Å². The van der Waals surface area contributed by atoms with Crippen molar-refractivity contribution in [1.29, 1.82) is 5.26 Å². The van der Waals surface area contributed by atoms with E-state index in [9.17, 15) is 4.39 Å². The number of pyridine rings is 1. The van der Waals surface area contributed by atoms with Crippen LogP contribution in [0.3, 0.4) is 0 Å². The summed E-state index contributed by atoms with van der Waals surface area (Å²) in [4.78, 5) is 4.22. The van der Waals surface area contributed by atoms with Crippen molar-refractivity contribution in [1.82, 2.24) is 4.98 Å². The van der Waals surface area contributed by atoms with Crippen LogP contribution in [0.2, 0.25) is 5.02 Å². The van der Waals surface area contributed by atoms with Crippen molar-refractivity contribution in [3.8, 4) is 6.07 Å². The first kappa shape index (κ1) is 13.3. The summed E-state index contributed by atoms with van der Waals surface area (Å²) in [6.45, 7) is 3.60. The minimum atomic E-state index is -0.507. The van der Waals surface area contributed by atoms with Crippen LogP contribution < -0.4 is 5.32 Å². The molecule has 2 aromatic rings. The average molecular weight is 276 g/mol. The van der Waals surface area contributed by atoms with E-state index < -0.39 is 5.82 Å². The van der Waals surface area contributed by atoms with Gasteiger partial charge >= 0.3 is 0 Å². The van der Waals surface area contributed by atoms with Gasteiger partial charge in [0.15, 0.2) is 0 Å². The molecule has 19 heavy (non-hydrogen) atoms. The lowest BCUT2D eigenvalue weighted by Gasteiger charge is -2.11. The summed E-state index contributed by atoms with van der Waals surface area (Å²) in [6.07, 6.45) is 0. The highest BCUT2D eigenvalue weighted by atomic mass is 35.5. The zero-order valence-electron chi connectivity index (χ0n) is 10.5. The Kier molecular flexibility index (Phi) is 3.68. The summed E-state index contributed by atoms with van der Waals surface area (Å²) in [7, 11) is 0. The van der Waals surface area contributed by atoms with Gasteiger partial charge in [-0.25, -0.2) is 4.39 Å². The average Bonchev–Trinajstić information content (AvgIpc) is 2.33. The van der Waals surface area contributed by atoms with Gasteiger partial charge in [0.25, 0.3) is 0 Å². The molecule has 0 spiro atoms. The molecule has 0 aliphatic rings. The third-order valence-corrected chi connectivity index (χ3v) is 2.95. The third kappa shape index (κ3) is 2.83. The van der Waals surface area contributed by atoms with E-state index in [1.807, 2.05) is 6.92 Å². The fourth-order valence-corrected chi connectivity index (χ4v) is 1.92. The van der Waals surface area contributed by atoms with Gasteiger partial charge in [0, 0.05) is 11.4 Å². The molecule has 0 aliphatic heterocycles. The number of aromatic nitrogens is 1. The van der Waals surface area contributed by atoms with Crippen LogP contribution >= 0.6 is 11.6 Å². The number of nitrogens with one attached hydrogen (secondary N) is 1. The molecule has 0 radical (unpaired) electrons. The van der Waals surface area contributed by atoms with E-state index in [0.29, 0.717) is 22.6 Å². The maximum absolute atomic E-state index is 13.4. The summed E-state index contributed by atoms with van der Waals surface area (Å²) in [5.74, 6) is -0.507. The van der Waals surface area contributed by atoms with E-state index in [2.05, 4.69) is 16.4 Å². The number of hydrogen-bond donors (Lipinski definition) is 1. The highest BCUT2D eigenvalue weighted by Crippen LogP contribution is 2.25. The second-order valence-corrected chi connectivity index (χ2v) is 4.54. The van der Waals surface area contributed by atoms with Crippen LogP contribution in [0.4, 0.5) is 15.8 Å². The van der Waals surface area contributed by atoms with Gasteiger partial charge in [-0.1, -0.05) is 11.6 Å². The number of halogens is 2. The minimum Gasteiger partial charge on any atom is -0.354 e. The van der Waals surface area contributed by atoms with Crippen LogP contribution in [0.15, 0.2) is 24.3 Å². The minimum absolute atomic E-state index is 0.0631. The summed E-state index contributed by atoms with van der Waals surface area (Å²) in [5, 5.41) is 12.2. The van der Waals surface area contributed by atoms with Crippen LogP contribution in [0.25, 0.3) is 0 Å². The maximum atomic E-state index is 13.4. The van der Waals surface area contributed by atoms with E-state index in [4.69, 9.17) is 16.9 Å². The second kappa shape index (κ2) is 5.25. The Morgan fingerprint density at radius 1 is 1.32 bits per heavy atom. The SMILES string of the molecule is Cc1cc(Nc2ccc(Cl)c(F)c2)c(C#N)c(C)n1. The lowest BCUT2D eigenvalue weighted by atomic mass is 10.1. The Hall–Kier alpha value is -2.12. The van der Waals surface area contributed by atoms with Crippen molar-refractivity contribution in [2.75, 3.05) is 5.32 Å². The molecule has 0 aliphatic carbocycles. The number of hydrogen-bond acceptors (Lipinski definition) is 3. The molecular weight excluding hydrogens is 265 g/mol. The highest BCUT2D eigenvalue weighted by Gasteiger charge is 2.09. The molecule has 1 aromatic carbocycles. The molecule has 0 saturated heterocycles. The van der Waals surface area contributed by atoms with Crippen molar-refractivity contribution in [3.63, 3.8) is 0 Å². The molecule has 0 unspecified atom stereocenters. The summed E-state index contributed by atoms with van der Waals surface area (Å²) in [5.41, 5.74) is 3.01. The number of nitriles is 1. The Labute approximate surface area is 115 Å². The standard InChI is InChI=1S/C14H11ClFN3/c1-8-5-14(11(7-17)9(2)18-8)19-10-3-4-12(15)13(16)6-10/h3-6H,1-2H3,(H,18,19). The molecule has 5 heteroatoms. The smallest absolute Gasteiger partial charge is 0.143 e. The summed E-state index contributed by atoms with van der Waals surface area (Å²) < 4.78 is 13.4. The van der Waals surface area contributed by atoms with Crippen molar-refractivity contribution < 1.29 is 4.39 Å². The zero-order valence-corrected chi connectivity index (χ0v) is 11.2. The quantitative estimate of drug-likeness (QED) is 0.897. The van der Waals surface area contributed by atoms with Gasteiger partial charge in [-0.05, 0) is 38.1 Å². The summed E-state index contributed by atoms with van der Waals surface area (Å²) in [6, 6.07) is 8.24. The number of aryl methyl sites for hydroxylation is 2. The first-order valence-electron chi connectivity index (χ1n) is 5.61. The molecule has 3 nitrogen and oxygen atoms in total. The fraction of sp³-hybridized carbons (Fsp3) is 0.143. The zero-order chi connectivity index (χ0) is 14.0. The number of anilines is 2.